The molecule has 1 N–H and O–H groups in total. The van der Waals surface area contributed by atoms with Gasteiger partial charge in [-0.25, -0.2) is 13.4 Å². The molecule has 0 fully saturated rings. The number of amides is 1. The van der Waals surface area contributed by atoms with Crippen LogP contribution in [0.25, 0.3) is 0 Å². The number of aromatic nitrogens is 1. The highest BCUT2D eigenvalue weighted by Gasteiger charge is 2.14. The van der Waals surface area contributed by atoms with Gasteiger partial charge in [0.25, 0.3) is 0 Å². The Balaban J connectivity index is 1.95. The molecule has 0 spiro atoms. The molecule has 6 heteroatoms. The molecule has 1 amide bonds. The Morgan fingerprint density at radius 3 is 2.79 bits per heavy atom. The summed E-state index contributed by atoms with van der Waals surface area (Å²) in [6, 6.07) is 2.94. The fraction of sp³-hybridized carbons (Fsp3) is 0.385. The largest absolute Gasteiger partial charge is 0.325 e. The molecule has 102 valence electrons. The lowest BCUT2D eigenvalue weighted by Gasteiger charge is -2.08. The van der Waals surface area contributed by atoms with Gasteiger partial charge < -0.3 is 5.32 Å². The van der Waals surface area contributed by atoms with Crippen LogP contribution in [0.1, 0.15) is 19.3 Å². The Bertz CT molecular complexity index is 591. The first-order valence-corrected chi connectivity index (χ1v) is 7.97. The Labute approximate surface area is 112 Å². The van der Waals surface area contributed by atoms with Crippen molar-refractivity contribution in [1.29, 1.82) is 0 Å². The summed E-state index contributed by atoms with van der Waals surface area (Å²) in [6.45, 7) is 0. The predicted molar refractivity (Wildman–Crippen MR) is 72.5 cm³/mol. The van der Waals surface area contributed by atoms with Crippen LogP contribution < -0.4 is 5.32 Å². The lowest BCUT2D eigenvalue weighted by atomic mass is 10.1. The zero-order chi connectivity index (χ0) is 13.9. The van der Waals surface area contributed by atoms with Crippen molar-refractivity contribution in [2.75, 3.05) is 11.6 Å². The minimum absolute atomic E-state index is 0.00391. The van der Waals surface area contributed by atoms with Gasteiger partial charge in [-0.3, -0.25) is 4.79 Å². The fourth-order valence-corrected chi connectivity index (χ4v) is 2.55. The molecule has 0 aromatic carbocycles. The van der Waals surface area contributed by atoms with Crippen molar-refractivity contribution in [2.24, 2.45) is 5.92 Å². The average molecular weight is 280 g/mol. The number of anilines is 1. The molecule has 1 aliphatic carbocycles. The number of sulfone groups is 1. The number of hydrogen-bond acceptors (Lipinski definition) is 4. The van der Waals surface area contributed by atoms with Crippen molar-refractivity contribution >= 4 is 21.4 Å². The Morgan fingerprint density at radius 2 is 2.26 bits per heavy atom. The highest BCUT2D eigenvalue weighted by Crippen LogP contribution is 2.21. The molecule has 1 aromatic rings. The maximum atomic E-state index is 11.8. The zero-order valence-electron chi connectivity index (χ0n) is 10.7. The topological polar surface area (TPSA) is 76.1 Å². The zero-order valence-corrected chi connectivity index (χ0v) is 11.5. The highest BCUT2D eigenvalue weighted by atomic mass is 32.2. The Kier molecular flexibility index (Phi) is 3.99. The third kappa shape index (κ3) is 3.89. The van der Waals surface area contributed by atoms with E-state index < -0.39 is 9.84 Å². The molecule has 19 heavy (non-hydrogen) atoms. The van der Waals surface area contributed by atoms with Crippen LogP contribution in [0.4, 0.5) is 5.69 Å². The third-order valence-corrected chi connectivity index (χ3v) is 3.96. The van der Waals surface area contributed by atoms with Crippen LogP contribution >= 0.6 is 0 Å². The maximum absolute atomic E-state index is 11.8. The van der Waals surface area contributed by atoms with E-state index in [4.69, 9.17) is 0 Å². The van der Waals surface area contributed by atoms with E-state index in [0.717, 1.165) is 19.1 Å². The second-order valence-corrected chi connectivity index (χ2v) is 6.64. The molecule has 0 saturated carbocycles. The molecule has 0 unspecified atom stereocenters. The quantitative estimate of drug-likeness (QED) is 0.853. The molecule has 1 heterocycles. The van der Waals surface area contributed by atoms with E-state index in [2.05, 4.69) is 22.5 Å². The summed E-state index contributed by atoms with van der Waals surface area (Å²) in [7, 11) is -3.30. The van der Waals surface area contributed by atoms with Gasteiger partial charge in [0.2, 0.25) is 5.91 Å². The van der Waals surface area contributed by atoms with Crippen LogP contribution in [0.2, 0.25) is 0 Å². The minimum atomic E-state index is -3.30. The van der Waals surface area contributed by atoms with Gasteiger partial charge in [-0.2, -0.15) is 0 Å². The lowest BCUT2D eigenvalue weighted by molar-refractivity contribution is -0.116. The van der Waals surface area contributed by atoms with E-state index in [0.29, 0.717) is 18.0 Å². The number of rotatable bonds is 4. The van der Waals surface area contributed by atoms with Gasteiger partial charge >= 0.3 is 0 Å². The van der Waals surface area contributed by atoms with Gasteiger partial charge in [-0.15, -0.1) is 0 Å². The van der Waals surface area contributed by atoms with Crippen LogP contribution in [0.3, 0.4) is 0 Å². The first kappa shape index (κ1) is 13.7. The van der Waals surface area contributed by atoms with Gasteiger partial charge in [0.15, 0.2) is 14.9 Å². The van der Waals surface area contributed by atoms with E-state index in [1.54, 1.807) is 6.07 Å². The van der Waals surface area contributed by atoms with Crippen LogP contribution in [0.5, 0.6) is 0 Å². The predicted octanol–water partition coefficient (Wildman–Crippen LogP) is 1.78. The standard InChI is InChI=1S/C13H16N2O3S/c1-19(17,18)13-7-6-11(9-14-13)15-12(16)8-10-4-2-3-5-10/h2,4,6-7,9-10H,3,5,8H2,1H3,(H,15,16)/t10-/m0/s1. The summed E-state index contributed by atoms with van der Waals surface area (Å²) in [5, 5.41) is 2.72. The van der Waals surface area contributed by atoms with E-state index in [-0.39, 0.29) is 10.9 Å². The lowest BCUT2D eigenvalue weighted by Crippen LogP contribution is -2.15. The molecule has 0 radical (unpaired) electrons. The molecule has 1 aromatic heterocycles. The first-order valence-electron chi connectivity index (χ1n) is 6.08. The molecule has 5 nitrogen and oxygen atoms in total. The molecule has 1 atom stereocenters. The van der Waals surface area contributed by atoms with Gasteiger partial charge in [-0.1, -0.05) is 12.2 Å². The summed E-state index contributed by atoms with van der Waals surface area (Å²) >= 11 is 0. The normalized spacial score (nSPS) is 18.5. The summed E-state index contributed by atoms with van der Waals surface area (Å²) in [5.74, 6) is 0.230. The first-order chi connectivity index (χ1) is 8.95. The van der Waals surface area contributed by atoms with Crippen molar-refractivity contribution in [2.45, 2.75) is 24.3 Å². The number of carbonyl (C=O) groups excluding carboxylic acids is 1. The molecular weight excluding hydrogens is 264 g/mol. The molecule has 0 saturated heterocycles. The molecule has 2 rings (SSSR count). The van der Waals surface area contributed by atoms with E-state index in [1.807, 2.05) is 0 Å². The summed E-state index contributed by atoms with van der Waals surface area (Å²) in [6.07, 6.45) is 9.09. The highest BCUT2D eigenvalue weighted by molar-refractivity contribution is 7.90. The van der Waals surface area contributed by atoms with Gasteiger partial charge in [0, 0.05) is 12.7 Å². The van der Waals surface area contributed by atoms with Crippen LogP contribution in [0, 0.1) is 5.92 Å². The molecule has 1 aliphatic rings. The van der Waals surface area contributed by atoms with Crippen molar-refractivity contribution in [3.63, 3.8) is 0 Å². The average Bonchev–Trinajstić information content (AvgIpc) is 2.81. The minimum Gasteiger partial charge on any atom is -0.325 e. The maximum Gasteiger partial charge on any atom is 0.225 e. The van der Waals surface area contributed by atoms with Gasteiger partial charge in [-0.05, 0) is 30.9 Å². The Morgan fingerprint density at radius 1 is 1.47 bits per heavy atom. The van der Waals surface area contributed by atoms with Crippen LogP contribution in [0.15, 0.2) is 35.5 Å². The molecule has 0 bridgehead atoms. The van der Waals surface area contributed by atoms with E-state index in [9.17, 15) is 13.2 Å². The Hall–Kier alpha value is -1.69. The van der Waals surface area contributed by atoms with Crippen molar-refractivity contribution in [3.8, 4) is 0 Å². The van der Waals surface area contributed by atoms with Gasteiger partial charge in [0.05, 0.1) is 11.9 Å². The van der Waals surface area contributed by atoms with E-state index >= 15 is 0 Å². The number of carbonyl (C=O) groups is 1. The number of pyridine rings is 1. The van der Waals surface area contributed by atoms with Gasteiger partial charge in [0.1, 0.15) is 0 Å². The monoisotopic (exact) mass is 280 g/mol. The second-order valence-electron chi connectivity index (χ2n) is 4.68. The molecular formula is C13H16N2O3S. The van der Waals surface area contributed by atoms with E-state index in [1.165, 1.54) is 12.3 Å². The van der Waals surface area contributed by atoms with Crippen molar-refractivity contribution in [3.05, 3.63) is 30.5 Å². The number of allylic oxidation sites excluding steroid dienone is 2. The number of nitrogens with zero attached hydrogens (tertiary/aromatic N) is 1. The molecule has 0 aliphatic heterocycles. The smallest absolute Gasteiger partial charge is 0.225 e. The van der Waals surface area contributed by atoms with Crippen LogP contribution in [-0.4, -0.2) is 25.6 Å². The van der Waals surface area contributed by atoms with Crippen LogP contribution in [-0.2, 0) is 14.6 Å². The number of nitrogens with one attached hydrogen (secondary N) is 1. The SMILES string of the molecule is CS(=O)(=O)c1ccc(NC(=O)C[C@H]2C=CCC2)cn1. The van der Waals surface area contributed by atoms with Crippen molar-refractivity contribution < 1.29 is 13.2 Å². The van der Waals surface area contributed by atoms with Crippen molar-refractivity contribution in [1.82, 2.24) is 4.98 Å². The summed E-state index contributed by atoms with van der Waals surface area (Å²) in [4.78, 5) is 15.6. The third-order valence-electron chi connectivity index (χ3n) is 2.96. The fourth-order valence-electron chi connectivity index (χ4n) is 1.99. The summed E-state index contributed by atoms with van der Waals surface area (Å²) in [5.41, 5.74) is 0.513. The number of hydrogen-bond donors (Lipinski definition) is 1. The summed E-state index contributed by atoms with van der Waals surface area (Å²) < 4.78 is 22.5. The second kappa shape index (κ2) is 5.52.